The van der Waals surface area contributed by atoms with Gasteiger partial charge in [0.25, 0.3) is 0 Å². The highest BCUT2D eigenvalue weighted by Crippen LogP contribution is 2.72. The first kappa shape index (κ1) is 24.9. The van der Waals surface area contributed by atoms with Gasteiger partial charge in [-0.15, -0.1) is 12.8 Å². The van der Waals surface area contributed by atoms with Crippen LogP contribution in [-0.2, 0) is 4.79 Å². The fourth-order valence-electron chi connectivity index (χ4n) is 11.0. The molecule has 0 aromatic rings. The molecule has 5 rings (SSSR count). The van der Waals surface area contributed by atoms with Gasteiger partial charge in [-0.05, 0) is 129 Å². The van der Waals surface area contributed by atoms with Crippen LogP contribution >= 0.6 is 0 Å². The Morgan fingerprint density at radius 1 is 0.879 bits per heavy atom. The molecule has 0 aliphatic heterocycles. The van der Waals surface area contributed by atoms with Gasteiger partial charge in [0.15, 0.2) is 0 Å². The summed E-state index contributed by atoms with van der Waals surface area (Å²) in [6.07, 6.45) is 20.2. The molecule has 33 heavy (non-hydrogen) atoms. The van der Waals surface area contributed by atoms with Crippen LogP contribution in [0.5, 0.6) is 0 Å². The Bertz CT molecular complexity index is 811. The predicted molar refractivity (Wildman–Crippen MR) is 136 cm³/mol. The molecule has 0 heterocycles. The van der Waals surface area contributed by atoms with Gasteiger partial charge >= 0.3 is 5.97 Å². The Labute approximate surface area is 203 Å². The van der Waals surface area contributed by atoms with E-state index in [1.165, 1.54) is 44.1 Å². The molecule has 0 amide bonds. The lowest BCUT2D eigenvalue weighted by Crippen LogP contribution is -2.61. The van der Waals surface area contributed by atoms with Crippen molar-refractivity contribution in [2.75, 3.05) is 0 Å². The smallest absolute Gasteiger partial charge is 0.309 e. The fraction of sp³-hybridized carbons (Fsp3) is 0.839. The zero-order valence-electron chi connectivity index (χ0n) is 21.9. The number of rotatable bonds is 2. The Hall–Kier alpha value is -1.23. The van der Waals surface area contributed by atoms with E-state index in [2.05, 4.69) is 54.0 Å². The second-order valence-electron chi connectivity index (χ2n) is 13.4. The van der Waals surface area contributed by atoms with Crippen molar-refractivity contribution in [3.8, 4) is 12.8 Å². The standard InChI is InChI=1S/C29H46O2.C2H2/c1-17(2)20-10-15-29(26(30)31)16-12-23-21(25(20)29)7-8-24-27(5)13-9-18(3)19(4)22(27)11-14-28(23,24)6;1-2/h18-25H,1,7-16H2,2-6H3,(H,30,31);1-2H/t18-,19-,20?,21?,22?,23?,24?,25?,27-,28-,29-;/m0./s1. The molecule has 2 nitrogen and oxygen atoms in total. The molecule has 11 atom stereocenters. The molecule has 5 aliphatic carbocycles. The van der Waals surface area contributed by atoms with Crippen LogP contribution < -0.4 is 0 Å². The lowest BCUT2D eigenvalue weighted by Gasteiger charge is -2.68. The van der Waals surface area contributed by atoms with Crippen LogP contribution in [0.25, 0.3) is 0 Å². The molecule has 5 aliphatic rings. The number of hydrogen-bond acceptors (Lipinski definition) is 1. The molecule has 1 N–H and O–H groups in total. The maximum Gasteiger partial charge on any atom is 0.309 e. The molecular weight excluding hydrogens is 404 g/mol. The van der Waals surface area contributed by atoms with E-state index in [4.69, 9.17) is 0 Å². The highest BCUT2D eigenvalue weighted by atomic mass is 16.4. The number of carboxylic acids is 1. The van der Waals surface area contributed by atoms with Crippen molar-refractivity contribution >= 4 is 5.97 Å². The third-order valence-corrected chi connectivity index (χ3v) is 12.7. The Morgan fingerprint density at radius 2 is 1.45 bits per heavy atom. The van der Waals surface area contributed by atoms with Crippen LogP contribution in [0.1, 0.15) is 98.8 Å². The molecule has 0 radical (unpaired) electrons. The number of allylic oxidation sites excluding steroid dienone is 1. The van der Waals surface area contributed by atoms with Gasteiger partial charge in [-0.25, -0.2) is 0 Å². The minimum absolute atomic E-state index is 0.329. The summed E-state index contributed by atoms with van der Waals surface area (Å²) in [5.41, 5.74) is 1.67. The summed E-state index contributed by atoms with van der Waals surface area (Å²) in [6, 6.07) is 0. The van der Waals surface area contributed by atoms with Crippen molar-refractivity contribution in [3.63, 3.8) is 0 Å². The molecule has 0 spiro atoms. The van der Waals surface area contributed by atoms with Crippen molar-refractivity contribution in [2.45, 2.75) is 98.8 Å². The van der Waals surface area contributed by atoms with Crippen LogP contribution in [0.2, 0.25) is 0 Å². The topological polar surface area (TPSA) is 37.3 Å². The molecule has 0 aromatic heterocycles. The highest BCUT2D eigenvalue weighted by molar-refractivity contribution is 5.76. The van der Waals surface area contributed by atoms with Gasteiger partial charge in [0.05, 0.1) is 5.41 Å². The van der Waals surface area contributed by atoms with E-state index in [-0.39, 0.29) is 0 Å². The molecule has 6 unspecified atom stereocenters. The highest BCUT2D eigenvalue weighted by Gasteiger charge is 2.67. The zero-order chi connectivity index (χ0) is 24.3. The quantitative estimate of drug-likeness (QED) is 0.342. The van der Waals surface area contributed by atoms with Gasteiger partial charge in [-0.2, -0.15) is 0 Å². The lowest BCUT2D eigenvalue weighted by atomic mass is 9.37. The summed E-state index contributed by atoms with van der Waals surface area (Å²) < 4.78 is 0. The number of fused-ring (bicyclic) bond motifs is 7. The van der Waals surface area contributed by atoms with Crippen LogP contribution in [0.15, 0.2) is 12.2 Å². The maximum atomic E-state index is 12.6. The largest absolute Gasteiger partial charge is 0.481 e. The second-order valence-corrected chi connectivity index (χ2v) is 13.4. The number of carboxylic acid groups (broad SMARTS) is 1. The van der Waals surface area contributed by atoms with E-state index in [1.807, 2.05) is 0 Å². The predicted octanol–water partition coefficient (Wildman–Crippen LogP) is 7.83. The molecule has 2 heteroatoms. The van der Waals surface area contributed by atoms with E-state index in [9.17, 15) is 9.90 Å². The van der Waals surface area contributed by atoms with Crippen LogP contribution in [0, 0.1) is 76.4 Å². The average molecular weight is 453 g/mol. The van der Waals surface area contributed by atoms with Crippen molar-refractivity contribution in [3.05, 3.63) is 12.2 Å². The SMILES string of the molecule is C#C.C=C(C)C1CC[C@]2(C(=O)O)CCC3C(CCC4[C@@]3(C)CCC3[C@@H](C)[C@@H](C)CC[C@@]34C)C12. The maximum absolute atomic E-state index is 12.6. The third kappa shape index (κ3) is 3.31. The van der Waals surface area contributed by atoms with Crippen molar-refractivity contribution in [2.24, 2.45) is 63.6 Å². The van der Waals surface area contributed by atoms with Gasteiger partial charge in [0, 0.05) is 0 Å². The van der Waals surface area contributed by atoms with Gasteiger partial charge < -0.3 is 5.11 Å². The van der Waals surface area contributed by atoms with Gasteiger partial charge in [0.2, 0.25) is 0 Å². The van der Waals surface area contributed by atoms with E-state index in [0.29, 0.717) is 28.6 Å². The van der Waals surface area contributed by atoms with E-state index in [1.54, 1.807) is 0 Å². The first-order valence-electron chi connectivity index (χ1n) is 13.8. The molecular formula is C31H48O2. The normalized spacial score (nSPS) is 52.7. The first-order chi connectivity index (χ1) is 15.6. The Kier molecular flexibility index (Phi) is 6.38. The molecule has 5 fully saturated rings. The molecule has 0 saturated heterocycles. The number of aliphatic carboxylic acids is 1. The van der Waals surface area contributed by atoms with Gasteiger partial charge in [-0.3, -0.25) is 4.79 Å². The van der Waals surface area contributed by atoms with Gasteiger partial charge in [0.1, 0.15) is 0 Å². The first-order valence-corrected chi connectivity index (χ1v) is 13.8. The fourth-order valence-corrected chi connectivity index (χ4v) is 11.0. The van der Waals surface area contributed by atoms with Crippen LogP contribution in [0.3, 0.4) is 0 Å². The second kappa shape index (κ2) is 8.46. The minimum atomic E-state index is -0.502. The monoisotopic (exact) mass is 452 g/mol. The Morgan fingerprint density at radius 3 is 2.09 bits per heavy atom. The molecule has 0 bridgehead atoms. The zero-order valence-corrected chi connectivity index (χ0v) is 21.9. The Balaban J connectivity index is 0.00000126. The summed E-state index contributed by atoms with van der Waals surface area (Å²) in [6.45, 7) is 16.8. The van der Waals surface area contributed by atoms with Gasteiger partial charge in [-0.1, -0.05) is 39.8 Å². The molecule has 5 saturated carbocycles. The summed E-state index contributed by atoms with van der Waals surface area (Å²) >= 11 is 0. The third-order valence-electron chi connectivity index (χ3n) is 12.7. The summed E-state index contributed by atoms with van der Waals surface area (Å²) in [4.78, 5) is 12.6. The van der Waals surface area contributed by atoms with Crippen molar-refractivity contribution in [1.29, 1.82) is 0 Å². The van der Waals surface area contributed by atoms with Crippen LogP contribution in [-0.4, -0.2) is 11.1 Å². The van der Waals surface area contributed by atoms with Crippen molar-refractivity contribution < 1.29 is 9.90 Å². The molecule has 184 valence electrons. The molecule has 0 aromatic carbocycles. The van der Waals surface area contributed by atoms with Crippen molar-refractivity contribution in [1.82, 2.24) is 0 Å². The summed E-state index contributed by atoms with van der Waals surface area (Å²) in [7, 11) is 0. The number of terminal acetylenes is 1. The minimum Gasteiger partial charge on any atom is -0.481 e. The summed E-state index contributed by atoms with van der Waals surface area (Å²) in [5.74, 6) is 5.01. The number of hydrogen-bond donors (Lipinski definition) is 1. The average Bonchev–Trinajstić information content (AvgIpc) is 3.20. The van der Waals surface area contributed by atoms with E-state index >= 15 is 0 Å². The summed E-state index contributed by atoms with van der Waals surface area (Å²) in [5, 5.41) is 10.4. The lowest BCUT2D eigenvalue weighted by molar-refractivity contribution is -0.196. The van der Waals surface area contributed by atoms with Crippen LogP contribution in [0.4, 0.5) is 0 Å². The van der Waals surface area contributed by atoms with E-state index < -0.39 is 11.4 Å². The van der Waals surface area contributed by atoms with E-state index in [0.717, 1.165) is 55.3 Å². The number of carbonyl (C=O) groups is 1.